The van der Waals surface area contributed by atoms with Crippen LogP contribution in [0.4, 0.5) is 0 Å². The van der Waals surface area contributed by atoms with Gasteiger partial charge >= 0.3 is 0 Å². The van der Waals surface area contributed by atoms with Gasteiger partial charge in [0.2, 0.25) is 5.91 Å². The highest BCUT2D eigenvalue weighted by molar-refractivity contribution is 7.07. The molecule has 3 rings (SSSR count). The van der Waals surface area contributed by atoms with E-state index in [1.54, 1.807) is 24.5 Å². The number of nitrogens with zero attached hydrogens (tertiary/aromatic N) is 2. The molecule has 25 heavy (non-hydrogen) atoms. The van der Waals surface area contributed by atoms with Crippen molar-refractivity contribution in [3.05, 3.63) is 57.8 Å². The van der Waals surface area contributed by atoms with Crippen molar-refractivity contribution < 1.29 is 9.53 Å². The third-order valence-electron chi connectivity index (χ3n) is 4.46. The van der Waals surface area contributed by atoms with E-state index in [4.69, 9.17) is 4.74 Å². The van der Waals surface area contributed by atoms with Gasteiger partial charge in [0.15, 0.2) is 0 Å². The largest absolute Gasteiger partial charge is 0.496 e. The maximum Gasteiger partial charge on any atom is 0.246 e. The van der Waals surface area contributed by atoms with Crippen LogP contribution < -0.4 is 4.74 Å². The van der Waals surface area contributed by atoms with Gasteiger partial charge in [-0.3, -0.25) is 9.69 Å². The van der Waals surface area contributed by atoms with Gasteiger partial charge in [0.1, 0.15) is 5.75 Å². The molecule has 0 spiro atoms. The first-order chi connectivity index (χ1) is 12.2. The van der Waals surface area contributed by atoms with Crippen molar-refractivity contribution >= 4 is 23.3 Å². The van der Waals surface area contributed by atoms with E-state index in [2.05, 4.69) is 21.7 Å². The minimum atomic E-state index is 0.0683. The number of benzene rings is 1. The normalized spacial score (nSPS) is 15.7. The monoisotopic (exact) mass is 356 g/mol. The Hall–Kier alpha value is -2.11. The summed E-state index contributed by atoms with van der Waals surface area (Å²) in [4.78, 5) is 16.8. The van der Waals surface area contributed by atoms with E-state index in [-0.39, 0.29) is 5.91 Å². The molecule has 4 nitrogen and oxygen atoms in total. The standard InChI is InChI=1S/C20H24N2O2S/c1-16-3-5-19(24-2)18(13-16)4-6-20(23)22-10-8-21(9-11-22)14-17-7-12-25-15-17/h3-7,12-13,15H,8-11,14H2,1-2H3/b6-4+. The third kappa shape index (κ3) is 4.71. The summed E-state index contributed by atoms with van der Waals surface area (Å²) in [7, 11) is 1.65. The fourth-order valence-electron chi connectivity index (χ4n) is 3.02. The van der Waals surface area contributed by atoms with Crippen LogP contribution in [0.1, 0.15) is 16.7 Å². The summed E-state index contributed by atoms with van der Waals surface area (Å²) in [5.74, 6) is 0.856. The molecule has 1 fully saturated rings. The molecule has 0 radical (unpaired) electrons. The molecule has 0 saturated carbocycles. The van der Waals surface area contributed by atoms with Crippen LogP contribution in [0.2, 0.25) is 0 Å². The molecule has 0 atom stereocenters. The van der Waals surface area contributed by atoms with Crippen LogP contribution in [0.5, 0.6) is 5.75 Å². The Morgan fingerprint density at radius 3 is 2.72 bits per heavy atom. The maximum absolute atomic E-state index is 12.5. The molecule has 1 aromatic heterocycles. The average molecular weight is 356 g/mol. The first-order valence-corrected chi connectivity index (χ1v) is 9.45. The Bertz CT molecular complexity index is 732. The number of methoxy groups -OCH3 is 1. The molecule has 2 heterocycles. The molecule has 1 aliphatic rings. The molecular formula is C20H24N2O2S. The van der Waals surface area contributed by atoms with Gasteiger partial charge in [0, 0.05) is 44.4 Å². The van der Waals surface area contributed by atoms with Crippen molar-refractivity contribution in [1.82, 2.24) is 9.80 Å². The number of amides is 1. The summed E-state index contributed by atoms with van der Waals surface area (Å²) < 4.78 is 5.36. The van der Waals surface area contributed by atoms with Gasteiger partial charge in [-0.1, -0.05) is 11.6 Å². The van der Waals surface area contributed by atoms with Crippen LogP contribution in [0.25, 0.3) is 6.08 Å². The number of ether oxygens (including phenoxy) is 1. The van der Waals surface area contributed by atoms with E-state index >= 15 is 0 Å². The van der Waals surface area contributed by atoms with Gasteiger partial charge in [0.25, 0.3) is 0 Å². The number of thiophene rings is 1. The predicted octanol–water partition coefficient (Wildman–Crippen LogP) is 3.42. The predicted molar refractivity (Wildman–Crippen MR) is 103 cm³/mol. The molecule has 5 heteroatoms. The molecule has 1 aliphatic heterocycles. The minimum Gasteiger partial charge on any atom is -0.496 e. The van der Waals surface area contributed by atoms with E-state index in [1.807, 2.05) is 36.1 Å². The van der Waals surface area contributed by atoms with Crippen LogP contribution in [0.3, 0.4) is 0 Å². The molecule has 1 aromatic carbocycles. The van der Waals surface area contributed by atoms with Crippen molar-refractivity contribution in [3.8, 4) is 5.75 Å². The van der Waals surface area contributed by atoms with Crippen molar-refractivity contribution in [3.63, 3.8) is 0 Å². The quantitative estimate of drug-likeness (QED) is 0.770. The number of carbonyl (C=O) groups is 1. The molecule has 0 aliphatic carbocycles. The van der Waals surface area contributed by atoms with Gasteiger partial charge in [-0.2, -0.15) is 11.3 Å². The van der Waals surface area contributed by atoms with Crippen molar-refractivity contribution in [2.45, 2.75) is 13.5 Å². The van der Waals surface area contributed by atoms with Crippen molar-refractivity contribution in [2.75, 3.05) is 33.3 Å². The van der Waals surface area contributed by atoms with Gasteiger partial charge in [-0.05, 0) is 47.5 Å². The third-order valence-corrected chi connectivity index (χ3v) is 5.19. The second-order valence-electron chi connectivity index (χ2n) is 6.31. The van der Waals surface area contributed by atoms with Crippen LogP contribution in [0, 0.1) is 6.92 Å². The van der Waals surface area contributed by atoms with Crippen LogP contribution in [-0.2, 0) is 11.3 Å². The first kappa shape index (κ1) is 17.7. The van der Waals surface area contributed by atoms with Gasteiger partial charge < -0.3 is 9.64 Å². The highest BCUT2D eigenvalue weighted by atomic mass is 32.1. The molecule has 0 bridgehead atoms. The number of rotatable bonds is 5. The average Bonchev–Trinajstić information content (AvgIpc) is 3.13. The molecule has 1 saturated heterocycles. The Morgan fingerprint density at radius 1 is 1.24 bits per heavy atom. The number of aryl methyl sites for hydroxylation is 1. The first-order valence-electron chi connectivity index (χ1n) is 8.51. The summed E-state index contributed by atoms with van der Waals surface area (Å²) >= 11 is 1.73. The van der Waals surface area contributed by atoms with Crippen LogP contribution in [0.15, 0.2) is 41.1 Å². The van der Waals surface area contributed by atoms with Gasteiger partial charge in [-0.25, -0.2) is 0 Å². The fourth-order valence-corrected chi connectivity index (χ4v) is 3.68. The van der Waals surface area contributed by atoms with Gasteiger partial charge in [0.05, 0.1) is 7.11 Å². The lowest BCUT2D eigenvalue weighted by atomic mass is 10.1. The molecule has 1 amide bonds. The Morgan fingerprint density at radius 2 is 2.04 bits per heavy atom. The van der Waals surface area contributed by atoms with E-state index < -0.39 is 0 Å². The van der Waals surface area contributed by atoms with E-state index in [9.17, 15) is 4.79 Å². The summed E-state index contributed by atoms with van der Waals surface area (Å²) in [5, 5.41) is 4.30. The number of hydrogen-bond donors (Lipinski definition) is 0. The highest BCUT2D eigenvalue weighted by Gasteiger charge is 2.19. The SMILES string of the molecule is COc1ccc(C)cc1/C=C/C(=O)N1CCN(Cc2ccsc2)CC1. The van der Waals surface area contributed by atoms with Crippen molar-refractivity contribution in [1.29, 1.82) is 0 Å². The summed E-state index contributed by atoms with van der Waals surface area (Å²) in [5.41, 5.74) is 3.44. The lowest BCUT2D eigenvalue weighted by molar-refractivity contribution is -0.127. The Kier molecular flexibility index (Phi) is 5.89. The molecule has 2 aromatic rings. The highest BCUT2D eigenvalue weighted by Crippen LogP contribution is 2.21. The molecular weight excluding hydrogens is 332 g/mol. The molecule has 132 valence electrons. The number of piperazine rings is 1. The smallest absolute Gasteiger partial charge is 0.246 e. The number of carbonyl (C=O) groups excluding carboxylic acids is 1. The number of hydrogen-bond acceptors (Lipinski definition) is 4. The van der Waals surface area contributed by atoms with Crippen LogP contribution >= 0.6 is 11.3 Å². The molecule has 0 N–H and O–H groups in total. The summed E-state index contributed by atoms with van der Waals surface area (Å²) in [6.07, 6.45) is 3.51. The summed E-state index contributed by atoms with van der Waals surface area (Å²) in [6, 6.07) is 8.13. The van der Waals surface area contributed by atoms with Crippen molar-refractivity contribution in [2.24, 2.45) is 0 Å². The second-order valence-corrected chi connectivity index (χ2v) is 7.09. The zero-order valence-electron chi connectivity index (χ0n) is 14.8. The van der Waals surface area contributed by atoms with E-state index in [0.717, 1.165) is 49.6 Å². The van der Waals surface area contributed by atoms with Gasteiger partial charge in [-0.15, -0.1) is 0 Å². The lowest BCUT2D eigenvalue weighted by Gasteiger charge is -2.34. The topological polar surface area (TPSA) is 32.8 Å². The summed E-state index contributed by atoms with van der Waals surface area (Å²) in [6.45, 7) is 6.40. The minimum absolute atomic E-state index is 0.0683. The zero-order valence-corrected chi connectivity index (χ0v) is 15.6. The van der Waals surface area contributed by atoms with E-state index in [0.29, 0.717) is 0 Å². The Labute approximate surface area is 153 Å². The second kappa shape index (κ2) is 8.32. The van der Waals surface area contributed by atoms with E-state index in [1.165, 1.54) is 5.56 Å². The Balaban J connectivity index is 1.55. The maximum atomic E-state index is 12.5. The fraction of sp³-hybridized carbons (Fsp3) is 0.350. The zero-order chi connectivity index (χ0) is 17.6. The van der Waals surface area contributed by atoms with Crippen LogP contribution in [-0.4, -0.2) is 49.0 Å². The lowest BCUT2D eigenvalue weighted by Crippen LogP contribution is -2.47. The molecule has 0 unspecified atom stereocenters.